The number of rotatable bonds is 14. The molecule has 16 heteroatoms. The Morgan fingerprint density at radius 2 is 1.72 bits per heavy atom. The van der Waals surface area contributed by atoms with Crippen LogP contribution in [0.3, 0.4) is 0 Å². The van der Waals surface area contributed by atoms with Gasteiger partial charge in [-0.1, -0.05) is 36.4 Å². The molecule has 0 bridgehead atoms. The van der Waals surface area contributed by atoms with Crippen LogP contribution in [0.1, 0.15) is 60.5 Å². The summed E-state index contributed by atoms with van der Waals surface area (Å²) in [4.78, 5) is 39.9. The highest BCUT2D eigenvalue weighted by Crippen LogP contribution is 2.42. The molecule has 2 aromatic heterocycles. The largest absolute Gasteiger partial charge is 0.455 e. The molecule has 0 spiro atoms. The van der Waals surface area contributed by atoms with E-state index in [-0.39, 0.29) is 29.0 Å². The lowest BCUT2D eigenvalue weighted by molar-refractivity contribution is -0.384. The second-order valence-electron chi connectivity index (χ2n) is 17.4. The number of ether oxygens (including phenoxy) is 2. The van der Waals surface area contributed by atoms with Crippen LogP contribution < -0.4 is 24.6 Å². The van der Waals surface area contributed by atoms with Crippen LogP contribution in [-0.4, -0.2) is 93.6 Å². The number of nitro benzene ring substituents is 1. The summed E-state index contributed by atoms with van der Waals surface area (Å²) >= 11 is 0. The first kappa shape index (κ1) is 43.7. The van der Waals surface area contributed by atoms with Crippen molar-refractivity contribution in [2.75, 3.05) is 68.6 Å². The SMILES string of the molecule is CN(C)C1CCCN(c2ccccc2C2CCCN2c2ccc(-c3ccc(C(=O)NS(=O)(=O)c4ccc(NCC5CCOCC5)c([N+](=O)[O-])c4)c(Oc4cnc5[nH]ccc5c4)c3)cc2)C1. The molecule has 2 unspecified atom stereocenters. The lowest BCUT2D eigenvalue weighted by atomic mass is 9.97. The van der Waals surface area contributed by atoms with Gasteiger partial charge in [0.2, 0.25) is 0 Å². The number of anilines is 3. The van der Waals surface area contributed by atoms with Crippen LogP contribution in [0.15, 0.2) is 114 Å². The number of benzene rings is 4. The fourth-order valence-electron chi connectivity index (χ4n) is 9.39. The van der Waals surface area contributed by atoms with Gasteiger partial charge in [0.25, 0.3) is 21.6 Å². The second kappa shape index (κ2) is 18.9. The molecule has 2 atom stereocenters. The van der Waals surface area contributed by atoms with E-state index in [2.05, 4.69) is 97.3 Å². The zero-order valence-corrected chi connectivity index (χ0v) is 37.4. The number of aromatic nitrogens is 2. The number of H-pyrrole nitrogens is 1. The van der Waals surface area contributed by atoms with Gasteiger partial charge >= 0.3 is 0 Å². The zero-order chi connectivity index (χ0) is 45.1. The number of likely N-dealkylation sites (N-methyl/N-ethyl adjacent to an activating group) is 1. The minimum absolute atomic E-state index is 0.0588. The molecule has 3 aliphatic heterocycles. The number of carbonyl (C=O) groups excluding carboxylic acids is 1. The Bertz CT molecular complexity index is 2790. The molecule has 3 aliphatic rings. The van der Waals surface area contributed by atoms with E-state index < -0.39 is 31.4 Å². The maximum atomic E-state index is 14.0. The zero-order valence-electron chi connectivity index (χ0n) is 36.6. The van der Waals surface area contributed by atoms with Crippen LogP contribution in [-0.2, 0) is 14.8 Å². The van der Waals surface area contributed by atoms with E-state index in [1.807, 2.05) is 6.07 Å². The van der Waals surface area contributed by atoms with Crippen LogP contribution in [0.4, 0.5) is 22.7 Å². The molecule has 3 fully saturated rings. The molecular weight excluding hydrogens is 845 g/mol. The van der Waals surface area contributed by atoms with Gasteiger partial charge in [0, 0.05) is 74.5 Å². The summed E-state index contributed by atoms with van der Waals surface area (Å²) in [5.41, 5.74) is 5.76. The van der Waals surface area contributed by atoms with Crippen molar-refractivity contribution in [1.29, 1.82) is 0 Å². The van der Waals surface area contributed by atoms with Crippen LogP contribution in [0.5, 0.6) is 11.5 Å². The molecule has 6 aromatic rings. The summed E-state index contributed by atoms with van der Waals surface area (Å²) in [6, 6.07) is 30.1. The van der Waals surface area contributed by atoms with Gasteiger partial charge < -0.3 is 34.5 Å². The molecule has 1 amide bonds. The van der Waals surface area contributed by atoms with Gasteiger partial charge in [0.1, 0.15) is 22.8 Å². The standard InChI is InChI=1S/C49H54N8O7S/c1-54(2)38-7-5-23-55(32-38)44-9-4-3-8-41(44)45-10-6-24-56(45)37-14-11-34(12-15-37)35-13-17-42(47(28-35)64-39-27-36-19-22-50-48(36)52-31-39)49(58)53-65(61,62)40-16-18-43(46(29-40)57(59)60)51-30-33-20-25-63-26-21-33/h3-4,8-9,11-19,22,27-29,31,33,38,45,51H,5-7,10,20-21,23-26,30,32H2,1-2H3,(H,50,52)(H,53,58). The number of carbonyl (C=O) groups is 1. The first-order valence-electron chi connectivity index (χ1n) is 22.3. The number of piperidine rings is 1. The maximum absolute atomic E-state index is 14.0. The highest BCUT2D eigenvalue weighted by atomic mass is 32.2. The molecule has 0 saturated carbocycles. The minimum atomic E-state index is -4.57. The number of pyridine rings is 1. The average Bonchev–Trinajstić information content (AvgIpc) is 4.01. The lowest BCUT2D eigenvalue weighted by Crippen LogP contribution is -2.45. The molecule has 65 heavy (non-hydrogen) atoms. The quantitative estimate of drug-likeness (QED) is 0.0702. The minimum Gasteiger partial charge on any atom is -0.455 e. The average molecular weight is 899 g/mol. The van der Waals surface area contributed by atoms with Crippen molar-refractivity contribution in [2.24, 2.45) is 5.92 Å². The van der Waals surface area contributed by atoms with E-state index in [0.717, 1.165) is 73.6 Å². The van der Waals surface area contributed by atoms with Gasteiger partial charge in [0.05, 0.1) is 27.6 Å². The maximum Gasteiger partial charge on any atom is 0.293 e. The second-order valence-corrected chi connectivity index (χ2v) is 19.1. The van der Waals surface area contributed by atoms with Gasteiger partial charge in [-0.25, -0.2) is 18.1 Å². The first-order valence-corrected chi connectivity index (χ1v) is 23.8. The molecule has 0 aliphatic carbocycles. The Morgan fingerprint density at radius 1 is 0.938 bits per heavy atom. The van der Waals surface area contributed by atoms with Gasteiger partial charge in [-0.2, -0.15) is 0 Å². The van der Waals surface area contributed by atoms with E-state index in [1.165, 1.54) is 48.5 Å². The van der Waals surface area contributed by atoms with E-state index >= 15 is 0 Å². The number of nitrogens with zero attached hydrogens (tertiary/aromatic N) is 5. The number of nitrogens with one attached hydrogen (secondary N) is 3. The van der Waals surface area contributed by atoms with Crippen molar-refractivity contribution < 1.29 is 27.6 Å². The highest BCUT2D eigenvalue weighted by Gasteiger charge is 2.32. The van der Waals surface area contributed by atoms with Crippen molar-refractivity contribution in [3.63, 3.8) is 0 Å². The number of hydrogen-bond donors (Lipinski definition) is 3. The fourth-order valence-corrected chi connectivity index (χ4v) is 10.4. The van der Waals surface area contributed by atoms with E-state index in [9.17, 15) is 23.3 Å². The summed E-state index contributed by atoms with van der Waals surface area (Å²) < 4.78 is 41.3. The molecule has 9 rings (SSSR count). The van der Waals surface area contributed by atoms with E-state index in [1.54, 1.807) is 24.4 Å². The Hall–Kier alpha value is -6.49. The molecule has 4 aromatic carbocycles. The number of hydrogen-bond acceptors (Lipinski definition) is 12. The van der Waals surface area contributed by atoms with E-state index in [4.69, 9.17) is 9.47 Å². The Kier molecular flexibility index (Phi) is 12.7. The van der Waals surface area contributed by atoms with Crippen LogP contribution in [0.25, 0.3) is 22.2 Å². The van der Waals surface area contributed by atoms with Crippen molar-refractivity contribution in [3.05, 3.63) is 131 Å². The molecule has 5 heterocycles. The van der Waals surface area contributed by atoms with Crippen molar-refractivity contribution in [2.45, 2.75) is 55.5 Å². The smallest absolute Gasteiger partial charge is 0.293 e. The molecular formula is C49H54N8O7S. The number of fused-ring (bicyclic) bond motifs is 1. The molecule has 3 saturated heterocycles. The monoisotopic (exact) mass is 898 g/mol. The summed E-state index contributed by atoms with van der Waals surface area (Å²) in [6.07, 6.45) is 9.44. The molecule has 338 valence electrons. The summed E-state index contributed by atoms with van der Waals surface area (Å²) in [5.74, 6) is -0.265. The Morgan fingerprint density at radius 3 is 2.52 bits per heavy atom. The van der Waals surface area contributed by atoms with Crippen LogP contribution in [0, 0.1) is 16.0 Å². The summed E-state index contributed by atoms with van der Waals surface area (Å²) in [6.45, 7) is 4.73. The van der Waals surface area contributed by atoms with E-state index in [0.29, 0.717) is 37.2 Å². The predicted octanol–water partition coefficient (Wildman–Crippen LogP) is 8.76. The highest BCUT2D eigenvalue weighted by molar-refractivity contribution is 7.90. The third kappa shape index (κ3) is 9.65. The Balaban J connectivity index is 0.969. The van der Waals surface area contributed by atoms with Gasteiger partial charge in [-0.3, -0.25) is 14.9 Å². The van der Waals surface area contributed by atoms with Crippen molar-refractivity contribution in [1.82, 2.24) is 19.6 Å². The first-order chi connectivity index (χ1) is 31.5. The van der Waals surface area contributed by atoms with Crippen LogP contribution in [0.2, 0.25) is 0 Å². The lowest BCUT2D eigenvalue weighted by Gasteiger charge is -2.39. The number of sulfonamides is 1. The third-order valence-corrected chi connectivity index (χ3v) is 14.3. The third-order valence-electron chi connectivity index (χ3n) is 13.0. The van der Waals surface area contributed by atoms with Crippen molar-refractivity contribution >= 4 is 49.7 Å². The fraction of sp³-hybridized carbons (Fsp3) is 0.347. The topological polar surface area (TPSA) is 175 Å². The number of amides is 1. The van der Waals surface area contributed by atoms with Crippen LogP contribution >= 0.6 is 0 Å². The predicted molar refractivity (Wildman–Crippen MR) is 253 cm³/mol. The number of nitro groups is 1. The van der Waals surface area contributed by atoms with Gasteiger partial charge in [-0.05, 0) is 130 Å². The van der Waals surface area contributed by atoms with Crippen molar-refractivity contribution in [3.8, 4) is 22.6 Å². The molecule has 3 N–H and O–H groups in total. The summed E-state index contributed by atoms with van der Waals surface area (Å²) in [5, 5.41) is 16.0. The molecule has 0 radical (unpaired) electrons. The molecule has 15 nitrogen and oxygen atoms in total. The van der Waals surface area contributed by atoms with Gasteiger partial charge in [-0.15, -0.1) is 0 Å². The number of para-hydroxylation sites is 1. The van der Waals surface area contributed by atoms with Gasteiger partial charge in [0.15, 0.2) is 0 Å². The number of aromatic amines is 1. The normalized spacial score (nSPS) is 18.3. The Labute approximate surface area is 379 Å². The summed E-state index contributed by atoms with van der Waals surface area (Å²) in [7, 11) is -0.232.